The number of aromatic nitrogens is 1. The quantitative estimate of drug-likeness (QED) is 0.808. The number of anilines is 2. The van der Waals surface area contributed by atoms with E-state index in [1.807, 2.05) is 35.2 Å². The Morgan fingerprint density at radius 3 is 2.43 bits per heavy atom. The number of nitriles is 3. The fraction of sp³-hybridized carbons (Fsp3) is 0.333. The number of nitrogen functional groups attached to an aromatic ring is 1. The van der Waals surface area contributed by atoms with Gasteiger partial charge in [0.05, 0.1) is 18.1 Å². The molecule has 1 aromatic carbocycles. The molecule has 1 aromatic heterocycles. The number of hydrogen-bond acceptors (Lipinski definition) is 9. The van der Waals surface area contributed by atoms with Crippen molar-refractivity contribution in [3.8, 4) is 29.7 Å². The first-order valence-corrected chi connectivity index (χ1v) is 9.50. The van der Waals surface area contributed by atoms with E-state index >= 15 is 0 Å². The van der Waals surface area contributed by atoms with Crippen LogP contribution in [0, 0.1) is 34.0 Å². The van der Waals surface area contributed by atoms with Crippen molar-refractivity contribution in [1.29, 1.82) is 15.8 Å². The van der Waals surface area contributed by atoms with Gasteiger partial charge in [0.15, 0.2) is 11.5 Å². The molecule has 0 radical (unpaired) electrons. The van der Waals surface area contributed by atoms with E-state index in [0.29, 0.717) is 24.5 Å². The van der Waals surface area contributed by atoms with E-state index < -0.39 is 0 Å². The Bertz CT molecular complexity index is 1100. The number of fused-ring (bicyclic) bond motifs is 1. The highest BCUT2D eigenvalue weighted by atomic mass is 16.7. The number of nitrogens with two attached hydrogens (primary N) is 1. The highest BCUT2D eigenvalue weighted by Crippen LogP contribution is 2.33. The number of nitrogens with zero attached hydrogens (tertiary/aromatic N) is 6. The molecule has 2 aliphatic heterocycles. The Morgan fingerprint density at radius 1 is 1.00 bits per heavy atom. The minimum absolute atomic E-state index is 0.0551. The van der Waals surface area contributed by atoms with E-state index in [2.05, 4.69) is 16.0 Å². The molecule has 0 amide bonds. The van der Waals surface area contributed by atoms with Crippen molar-refractivity contribution in [1.82, 2.24) is 9.88 Å². The average Bonchev–Trinajstić information content (AvgIpc) is 3.22. The predicted octanol–water partition coefficient (Wildman–Crippen LogP) is 1.52. The van der Waals surface area contributed by atoms with Gasteiger partial charge < -0.3 is 20.1 Å². The van der Waals surface area contributed by atoms with Gasteiger partial charge in [-0.15, -0.1) is 0 Å². The summed E-state index contributed by atoms with van der Waals surface area (Å²) >= 11 is 0. The summed E-state index contributed by atoms with van der Waals surface area (Å²) in [5, 5.41) is 28.2. The van der Waals surface area contributed by atoms with Gasteiger partial charge in [-0.1, -0.05) is 6.07 Å². The van der Waals surface area contributed by atoms with E-state index in [0.717, 1.165) is 36.7 Å². The maximum Gasteiger partial charge on any atom is 0.231 e. The topological polar surface area (TPSA) is 135 Å². The number of pyridine rings is 1. The molecule has 3 heterocycles. The lowest BCUT2D eigenvalue weighted by atomic mass is 10.0. The molecule has 2 aromatic rings. The third-order valence-electron chi connectivity index (χ3n) is 5.30. The van der Waals surface area contributed by atoms with Crippen LogP contribution in [-0.4, -0.2) is 42.9 Å². The van der Waals surface area contributed by atoms with Crippen molar-refractivity contribution in [2.75, 3.05) is 43.6 Å². The second-order valence-corrected chi connectivity index (χ2v) is 7.06. The van der Waals surface area contributed by atoms with Gasteiger partial charge in [0.1, 0.15) is 29.3 Å². The molecule has 0 atom stereocenters. The molecular weight excluding hydrogens is 382 g/mol. The fourth-order valence-corrected chi connectivity index (χ4v) is 3.78. The molecular formula is C21H19N7O2. The number of ether oxygens (including phenoxy) is 2. The van der Waals surface area contributed by atoms with Crippen molar-refractivity contribution in [2.24, 2.45) is 0 Å². The van der Waals surface area contributed by atoms with Crippen LogP contribution >= 0.6 is 0 Å². The molecule has 0 saturated carbocycles. The lowest BCUT2D eigenvalue weighted by molar-refractivity contribution is 0.174. The largest absolute Gasteiger partial charge is 0.454 e. The molecule has 2 N–H and O–H groups in total. The van der Waals surface area contributed by atoms with E-state index in [-0.39, 0.29) is 30.2 Å². The third-order valence-corrected chi connectivity index (χ3v) is 5.30. The molecule has 0 bridgehead atoms. The van der Waals surface area contributed by atoms with E-state index in [4.69, 9.17) is 20.5 Å². The predicted molar refractivity (Wildman–Crippen MR) is 107 cm³/mol. The normalized spacial score (nSPS) is 15.3. The van der Waals surface area contributed by atoms with Crippen LogP contribution < -0.4 is 20.1 Å². The molecule has 9 heteroatoms. The van der Waals surface area contributed by atoms with Crippen LogP contribution in [0.3, 0.4) is 0 Å². The van der Waals surface area contributed by atoms with Gasteiger partial charge in [0, 0.05) is 38.3 Å². The van der Waals surface area contributed by atoms with Crippen LogP contribution in [-0.2, 0) is 13.0 Å². The number of piperazine rings is 1. The third kappa shape index (κ3) is 3.53. The zero-order chi connectivity index (χ0) is 21.1. The first-order valence-electron chi connectivity index (χ1n) is 9.50. The Hall–Kier alpha value is -4.00. The smallest absolute Gasteiger partial charge is 0.231 e. The van der Waals surface area contributed by atoms with Crippen LogP contribution in [0.1, 0.15) is 22.3 Å². The van der Waals surface area contributed by atoms with Crippen molar-refractivity contribution < 1.29 is 9.47 Å². The van der Waals surface area contributed by atoms with Gasteiger partial charge in [-0.25, -0.2) is 4.98 Å². The summed E-state index contributed by atoms with van der Waals surface area (Å²) in [6, 6.07) is 12.1. The average molecular weight is 401 g/mol. The highest BCUT2D eigenvalue weighted by Gasteiger charge is 2.25. The van der Waals surface area contributed by atoms with Gasteiger partial charge in [-0.05, 0) is 17.7 Å². The second-order valence-electron chi connectivity index (χ2n) is 7.06. The van der Waals surface area contributed by atoms with Crippen molar-refractivity contribution in [3.63, 3.8) is 0 Å². The lowest BCUT2D eigenvalue weighted by Crippen LogP contribution is -2.46. The van der Waals surface area contributed by atoms with Gasteiger partial charge in [0.2, 0.25) is 6.79 Å². The highest BCUT2D eigenvalue weighted by molar-refractivity contribution is 5.69. The van der Waals surface area contributed by atoms with Gasteiger partial charge in [-0.2, -0.15) is 15.8 Å². The summed E-state index contributed by atoms with van der Waals surface area (Å²) < 4.78 is 10.8. The van der Waals surface area contributed by atoms with Gasteiger partial charge in [-0.3, -0.25) is 4.90 Å². The number of hydrogen-bond donors (Lipinski definition) is 1. The van der Waals surface area contributed by atoms with Crippen LogP contribution in [0.2, 0.25) is 0 Å². The summed E-state index contributed by atoms with van der Waals surface area (Å²) in [5.74, 6) is 2.04. The monoisotopic (exact) mass is 401 g/mol. The van der Waals surface area contributed by atoms with Crippen LogP contribution in [0.25, 0.3) is 0 Å². The molecule has 0 spiro atoms. The summed E-state index contributed by atoms with van der Waals surface area (Å²) in [4.78, 5) is 8.63. The minimum Gasteiger partial charge on any atom is -0.454 e. The second kappa shape index (κ2) is 8.16. The zero-order valence-electron chi connectivity index (χ0n) is 16.3. The number of benzene rings is 1. The molecule has 9 nitrogen and oxygen atoms in total. The standard InChI is InChI=1S/C21H19N7O2/c22-4-3-15-16(10-23)20(25)26-21(17(15)11-24)28-7-5-27(6-8-28)12-14-1-2-18-19(9-14)30-13-29-18/h1-2,9H,3,5-8,12-13H2,(H2,25,26). The fourth-order valence-electron chi connectivity index (χ4n) is 3.78. The molecule has 0 aliphatic carbocycles. The molecule has 1 saturated heterocycles. The SMILES string of the molecule is N#CCc1c(C#N)c(N)nc(N2CCN(Cc3ccc4c(c3)OCO4)CC2)c1C#N. The lowest BCUT2D eigenvalue weighted by Gasteiger charge is -2.36. The molecule has 2 aliphatic rings. The van der Waals surface area contributed by atoms with Gasteiger partial charge in [0.25, 0.3) is 0 Å². The summed E-state index contributed by atoms with van der Waals surface area (Å²) in [6.45, 7) is 3.89. The summed E-state index contributed by atoms with van der Waals surface area (Å²) in [5.41, 5.74) is 7.82. The summed E-state index contributed by atoms with van der Waals surface area (Å²) in [6.07, 6.45) is -0.0599. The molecule has 4 rings (SSSR count). The Balaban J connectivity index is 1.50. The molecule has 150 valence electrons. The first-order chi connectivity index (χ1) is 14.6. The molecule has 0 unspecified atom stereocenters. The summed E-state index contributed by atoms with van der Waals surface area (Å²) in [7, 11) is 0. The Morgan fingerprint density at radius 2 is 1.73 bits per heavy atom. The maximum atomic E-state index is 9.68. The van der Waals surface area contributed by atoms with Crippen molar-refractivity contribution >= 4 is 11.6 Å². The Kier molecular flexibility index (Phi) is 5.26. The first kappa shape index (κ1) is 19.3. The van der Waals surface area contributed by atoms with Gasteiger partial charge >= 0.3 is 0 Å². The molecule has 30 heavy (non-hydrogen) atoms. The minimum atomic E-state index is -0.0599. The van der Waals surface area contributed by atoms with Crippen molar-refractivity contribution in [3.05, 3.63) is 40.5 Å². The zero-order valence-corrected chi connectivity index (χ0v) is 16.3. The molecule has 1 fully saturated rings. The van der Waals surface area contributed by atoms with Crippen LogP contribution in [0.4, 0.5) is 11.6 Å². The maximum absolute atomic E-state index is 9.68. The van der Waals surface area contributed by atoms with Crippen molar-refractivity contribution in [2.45, 2.75) is 13.0 Å². The van der Waals surface area contributed by atoms with Crippen LogP contribution in [0.5, 0.6) is 11.5 Å². The van der Waals surface area contributed by atoms with E-state index in [9.17, 15) is 10.5 Å². The van der Waals surface area contributed by atoms with E-state index in [1.54, 1.807) is 0 Å². The van der Waals surface area contributed by atoms with Crippen LogP contribution in [0.15, 0.2) is 18.2 Å². The van der Waals surface area contributed by atoms with E-state index in [1.165, 1.54) is 0 Å². The Labute approximate surface area is 174 Å². The number of rotatable bonds is 4.